The van der Waals surface area contributed by atoms with Crippen molar-refractivity contribution in [2.45, 2.75) is 13.0 Å². The SMILES string of the molecule is CNC(c1ccn(C)n1)c1ccc(C)cc1F. The second kappa shape index (κ2) is 4.67. The summed E-state index contributed by atoms with van der Waals surface area (Å²) in [4.78, 5) is 0. The Bertz CT molecular complexity index is 519. The molecule has 2 aromatic rings. The van der Waals surface area contributed by atoms with E-state index in [-0.39, 0.29) is 11.9 Å². The average Bonchev–Trinajstić information content (AvgIpc) is 2.69. The lowest BCUT2D eigenvalue weighted by Gasteiger charge is -2.15. The van der Waals surface area contributed by atoms with Crippen LogP contribution in [0.25, 0.3) is 0 Å². The minimum absolute atomic E-state index is 0.199. The Morgan fingerprint density at radius 2 is 2.12 bits per heavy atom. The molecular formula is C13H16FN3. The number of hydrogen-bond acceptors (Lipinski definition) is 2. The van der Waals surface area contributed by atoms with Crippen molar-refractivity contribution in [1.29, 1.82) is 0 Å². The maximum atomic E-state index is 13.9. The summed E-state index contributed by atoms with van der Waals surface area (Å²) < 4.78 is 15.6. The molecule has 2 rings (SSSR count). The van der Waals surface area contributed by atoms with E-state index in [2.05, 4.69) is 10.4 Å². The van der Waals surface area contributed by atoms with E-state index >= 15 is 0 Å². The third kappa shape index (κ3) is 2.36. The van der Waals surface area contributed by atoms with Crippen LogP contribution in [0.5, 0.6) is 0 Å². The van der Waals surface area contributed by atoms with Gasteiger partial charge < -0.3 is 5.32 Å². The van der Waals surface area contributed by atoms with Gasteiger partial charge in [0.1, 0.15) is 5.82 Å². The molecule has 1 aromatic carbocycles. The Kier molecular flexibility index (Phi) is 3.24. The third-order valence-electron chi connectivity index (χ3n) is 2.79. The molecule has 0 spiro atoms. The van der Waals surface area contributed by atoms with Gasteiger partial charge in [-0.2, -0.15) is 5.10 Å². The van der Waals surface area contributed by atoms with Gasteiger partial charge in [-0.1, -0.05) is 12.1 Å². The minimum Gasteiger partial charge on any atom is -0.308 e. The molecule has 0 aliphatic carbocycles. The summed E-state index contributed by atoms with van der Waals surface area (Å²) in [5.41, 5.74) is 2.36. The lowest BCUT2D eigenvalue weighted by atomic mass is 10.0. The van der Waals surface area contributed by atoms with E-state index < -0.39 is 0 Å². The van der Waals surface area contributed by atoms with Crippen LogP contribution in [0.15, 0.2) is 30.5 Å². The van der Waals surface area contributed by atoms with Crippen LogP contribution >= 0.6 is 0 Å². The van der Waals surface area contributed by atoms with Gasteiger partial charge in [-0.3, -0.25) is 4.68 Å². The van der Waals surface area contributed by atoms with Gasteiger partial charge in [-0.15, -0.1) is 0 Å². The highest BCUT2D eigenvalue weighted by molar-refractivity contribution is 5.31. The maximum Gasteiger partial charge on any atom is 0.128 e. The molecular weight excluding hydrogens is 217 g/mol. The summed E-state index contributed by atoms with van der Waals surface area (Å²) in [5, 5.41) is 7.40. The Balaban J connectivity index is 2.42. The average molecular weight is 233 g/mol. The molecule has 0 fully saturated rings. The fourth-order valence-electron chi connectivity index (χ4n) is 1.92. The highest BCUT2D eigenvalue weighted by atomic mass is 19.1. The minimum atomic E-state index is -0.211. The number of hydrogen-bond donors (Lipinski definition) is 1. The molecule has 1 atom stereocenters. The predicted octanol–water partition coefficient (Wildman–Crippen LogP) is 2.18. The van der Waals surface area contributed by atoms with E-state index in [4.69, 9.17) is 0 Å². The van der Waals surface area contributed by atoms with E-state index in [9.17, 15) is 4.39 Å². The zero-order chi connectivity index (χ0) is 12.4. The standard InChI is InChI=1S/C13H16FN3/c1-9-4-5-10(11(14)8-9)13(15-2)12-6-7-17(3)16-12/h4-8,13,15H,1-3H3. The predicted molar refractivity (Wildman–Crippen MR) is 65.2 cm³/mol. The van der Waals surface area contributed by atoms with Crippen LogP contribution in [0.4, 0.5) is 4.39 Å². The van der Waals surface area contributed by atoms with Gasteiger partial charge in [-0.05, 0) is 31.7 Å². The van der Waals surface area contributed by atoms with Gasteiger partial charge in [0.2, 0.25) is 0 Å². The zero-order valence-electron chi connectivity index (χ0n) is 10.2. The largest absolute Gasteiger partial charge is 0.308 e. The fourth-order valence-corrected chi connectivity index (χ4v) is 1.92. The van der Waals surface area contributed by atoms with Crippen molar-refractivity contribution in [3.8, 4) is 0 Å². The van der Waals surface area contributed by atoms with Crippen molar-refractivity contribution < 1.29 is 4.39 Å². The van der Waals surface area contributed by atoms with Crippen LogP contribution in [0, 0.1) is 12.7 Å². The Labute approximate surface area is 100 Å². The van der Waals surface area contributed by atoms with Gasteiger partial charge in [0.05, 0.1) is 11.7 Å². The van der Waals surface area contributed by atoms with E-state index in [0.717, 1.165) is 11.3 Å². The molecule has 0 saturated carbocycles. The van der Waals surface area contributed by atoms with Gasteiger partial charge in [0.25, 0.3) is 0 Å². The molecule has 1 heterocycles. The van der Waals surface area contributed by atoms with Crippen molar-refractivity contribution in [2.24, 2.45) is 7.05 Å². The van der Waals surface area contributed by atoms with Crippen molar-refractivity contribution in [1.82, 2.24) is 15.1 Å². The lowest BCUT2D eigenvalue weighted by Crippen LogP contribution is -2.19. The molecule has 0 saturated heterocycles. The quantitative estimate of drug-likeness (QED) is 0.880. The number of rotatable bonds is 3. The summed E-state index contributed by atoms with van der Waals surface area (Å²) in [5.74, 6) is -0.199. The molecule has 3 nitrogen and oxygen atoms in total. The number of nitrogens with zero attached hydrogens (tertiary/aromatic N) is 2. The summed E-state index contributed by atoms with van der Waals surface area (Å²) in [6.45, 7) is 1.88. The fraction of sp³-hybridized carbons (Fsp3) is 0.308. The van der Waals surface area contributed by atoms with Crippen LogP contribution in [-0.4, -0.2) is 16.8 Å². The van der Waals surface area contributed by atoms with Crippen molar-refractivity contribution in [2.75, 3.05) is 7.05 Å². The van der Waals surface area contributed by atoms with Crippen LogP contribution < -0.4 is 5.32 Å². The Morgan fingerprint density at radius 3 is 2.65 bits per heavy atom. The summed E-state index contributed by atoms with van der Waals surface area (Å²) in [7, 11) is 3.65. The van der Waals surface area contributed by atoms with Crippen LogP contribution in [0.1, 0.15) is 22.9 Å². The molecule has 1 N–H and O–H groups in total. The summed E-state index contributed by atoms with van der Waals surface area (Å²) >= 11 is 0. The third-order valence-corrected chi connectivity index (χ3v) is 2.79. The van der Waals surface area contributed by atoms with E-state index in [1.165, 1.54) is 0 Å². The molecule has 17 heavy (non-hydrogen) atoms. The number of halogens is 1. The topological polar surface area (TPSA) is 29.9 Å². The van der Waals surface area contributed by atoms with Gasteiger partial charge >= 0.3 is 0 Å². The smallest absolute Gasteiger partial charge is 0.128 e. The van der Waals surface area contributed by atoms with E-state index in [1.807, 2.05) is 32.3 Å². The van der Waals surface area contributed by atoms with E-state index in [0.29, 0.717) is 5.56 Å². The second-order valence-electron chi connectivity index (χ2n) is 4.16. The van der Waals surface area contributed by atoms with Crippen molar-refractivity contribution in [3.05, 3.63) is 53.1 Å². The first kappa shape index (κ1) is 11.8. The van der Waals surface area contributed by atoms with Crippen LogP contribution in [0.3, 0.4) is 0 Å². The summed E-state index contributed by atoms with van der Waals surface area (Å²) in [6.07, 6.45) is 1.85. The molecule has 0 aliphatic heterocycles. The van der Waals surface area contributed by atoms with Crippen molar-refractivity contribution >= 4 is 0 Å². The molecule has 1 aromatic heterocycles. The molecule has 0 aliphatic rings. The highest BCUT2D eigenvalue weighted by Crippen LogP contribution is 2.23. The first-order chi connectivity index (χ1) is 8.11. The van der Waals surface area contributed by atoms with Crippen LogP contribution in [0.2, 0.25) is 0 Å². The number of aryl methyl sites for hydroxylation is 2. The molecule has 0 amide bonds. The normalized spacial score (nSPS) is 12.7. The highest BCUT2D eigenvalue weighted by Gasteiger charge is 2.18. The first-order valence-electron chi connectivity index (χ1n) is 5.54. The van der Waals surface area contributed by atoms with Gasteiger partial charge in [-0.25, -0.2) is 4.39 Å². The molecule has 4 heteroatoms. The Morgan fingerprint density at radius 1 is 1.35 bits per heavy atom. The maximum absolute atomic E-state index is 13.9. The lowest BCUT2D eigenvalue weighted by molar-refractivity contribution is 0.564. The van der Waals surface area contributed by atoms with Crippen molar-refractivity contribution in [3.63, 3.8) is 0 Å². The first-order valence-corrected chi connectivity index (χ1v) is 5.54. The molecule has 0 bridgehead atoms. The molecule has 0 radical (unpaired) electrons. The number of aromatic nitrogens is 2. The molecule has 90 valence electrons. The number of benzene rings is 1. The van der Waals surface area contributed by atoms with Gasteiger partial charge in [0.15, 0.2) is 0 Å². The zero-order valence-corrected chi connectivity index (χ0v) is 10.2. The second-order valence-corrected chi connectivity index (χ2v) is 4.16. The Hall–Kier alpha value is -1.68. The summed E-state index contributed by atoms with van der Waals surface area (Å²) in [6, 6.07) is 6.94. The number of nitrogens with one attached hydrogen (secondary N) is 1. The van der Waals surface area contributed by atoms with Gasteiger partial charge in [0, 0.05) is 18.8 Å². The molecule has 1 unspecified atom stereocenters. The monoisotopic (exact) mass is 233 g/mol. The van der Waals surface area contributed by atoms with Crippen LogP contribution in [-0.2, 0) is 7.05 Å². The van der Waals surface area contributed by atoms with E-state index in [1.54, 1.807) is 23.9 Å².